The number of pyridine rings is 1. The molecule has 0 saturated carbocycles. The van der Waals surface area contributed by atoms with Crippen molar-refractivity contribution in [1.29, 1.82) is 0 Å². The lowest BCUT2D eigenvalue weighted by Gasteiger charge is -2.27. The Morgan fingerprint density at radius 1 is 1.33 bits per heavy atom. The van der Waals surface area contributed by atoms with Crippen LogP contribution in [0.25, 0.3) is 0 Å². The average Bonchev–Trinajstić information content (AvgIpc) is 2.45. The summed E-state index contributed by atoms with van der Waals surface area (Å²) >= 11 is 6.22. The van der Waals surface area contributed by atoms with Crippen LogP contribution in [0.4, 0.5) is 5.82 Å². The van der Waals surface area contributed by atoms with Crippen molar-refractivity contribution in [2.45, 2.75) is 19.9 Å². The molecule has 1 aromatic carbocycles. The highest BCUT2D eigenvalue weighted by molar-refractivity contribution is 6.31. The van der Waals surface area contributed by atoms with E-state index in [0.29, 0.717) is 16.5 Å². The topological polar surface area (TPSA) is 53.4 Å². The average molecular weight is 305 g/mol. The number of aromatic nitrogens is 1. The molecule has 1 aromatic heterocycles. The molecular weight excluding hydrogens is 288 g/mol. The Hall–Kier alpha value is -2.07. The lowest BCUT2D eigenvalue weighted by molar-refractivity contribution is 0.0696. The number of halogens is 1. The fourth-order valence-corrected chi connectivity index (χ4v) is 2.47. The third-order valence-corrected chi connectivity index (χ3v) is 3.83. The van der Waals surface area contributed by atoms with Crippen molar-refractivity contribution in [1.82, 2.24) is 4.98 Å². The monoisotopic (exact) mass is 304 g/mol. The molecule has 1 unspecified atom stereocenters. The van der Waals surface area contributed by atoms with Gasteiger partial charge in [-0.25, -0.2) is 9.78 Å². The number of carbonyl (C=O) groups is 1. The van der Waals surface area contributed by atoms with E-state index in [-0.39, 0.29) is 11.6 Å². The van der Waals surface area contributed by atoms with E-state index in [4.69, 9.17) is 16.7 Å². The van der Waals surface area contributed by atoms with Crippen molar-refractivity contribution < 1.29 is 9.90 Å². The van der Waals surface area contributed by atoms with Gasteiger partial charge in [0.05, 0.1) is 11.6 Å². The molecule has 1 heterocycles. The van der Waals surface area contributed by atoms with Gasteiger partial charge in [0.2, 0.25) is 0 Å². The smallest absolute Gasteiger partial charge is 0.335 e. The van der Waals surface area contributed by atoms with Gasteiger partial charge in [-0.3, -0.25) is 0 Å². The molecule has 5 heteroatoms. The minimum absolute atomic E-state index is 0.0188. The van der Waals surface area contributed by atoms with Crippen molar-refractivity contribution >= 4 is 23.4 Å². The Morgan fingerprint density at radius 2 is 2.00 bits per heavy atom. The van der Waals surface area contributed by atoms with Crippen LogP contribution in [0.2, 0.25) is 5.02 Å². The first-order valence-corrected chi connectivity index (χ1v) is 6.97. The highest BCUT2D eigenvalue weighted by Crippen LogP contribution is 2.29. The summed E-state index contributed by atoms with van der Waals surface area (Å²) in [5.41, 5.74) is 1.88. The minimum Gasteiger partial charge on any atom is -0.478 e. The van der Waals surface area contributed by atoms with Crippen molar-refractivity contribution in [2.75, 3.05) is 11.9 Å². The molecule has 0 bridgehead atoms. The first-order valence-electron chi connectivity index (χ1n) is 6.59. The van der Waals surface area contributed by atoms with E-state index in [0.717, 1.165) is 5.56 Å². The van der Waals surface area contributed by atoms with Crippen molar-refractivity contribution in [3.05, 3.63) is 58.2 Å². The summed E-state index contributed by atoms with van der Waals surface area (Å²) in [6, 6.07) is 10.7. The van der Waals surface area contributed by atoms with E-state index in [9.17, 15) is 4.79 Å². The molecule has 0 spiro atoms. The lowest BCUT2D eigenvalue weighted by atomic mass is 10.1. The van der Waals surface area contributed by atoms with Crippen LogP contribution in [-0.4, -0.2) is 23.1 Å². The number of nitrogens with zero attached hydrogens (tertiary/aromatic N) is 2. The summed E-state index contributed by atoms with van der Waals surface area (Å²) in [4.78, 5) is 17.5. The summed E-state index contributed by atoms with van der Waals surface area (Å²) in [7, 11) is 1.88. The van der Waals surface area contributed by atoms with Crippen LogP contribution >= 0.6 is 11.6 Å². The molecule has 1 atom stereocenters. The van der Waals surface area contributed by atoms with Gasteiger partial charge in [-0.2, -0.15) is 0 Å². The van der Waals surface area contributed by atoms with Gasteiger partial charge in [-0.1, -0.05) is 29.8 Å². The summed E-state index contributed by atoms with van der Waals surface area (Å²) in [5, 5.41) is 9.83. The number of aromatic carboxylic acids is 1. The van der Waals surface area contributed by atoms with Crippen LogP contribution in [-0.2, 0) is 0 Å². The number of anilines is 1. The zero-order valence-corrected chi connectivity index (χ0v) is 12.9. The predicted octanol–water partition coefficient (Wildman–Crippen LogP) is 3.94. The predicted molar refractivity (Wildman–Crippen MR) is 84.2 cm³/mol. The van der Waals surface area contributed by atoms with E-state index in [1.807, 2.05) is 43.1 Å². The first-order chi connectivity index (χ1) is 9.90. The highest BCUT2D eigenvalue weighted by atomic mass is 35.5. The number of hydrogen-bond acceptors (Lipinski definition) is 3. The number of aryl methyl sites for hydroxylation is 1. The van der Waals surface area contributed by atoms with Crippen LogP contribution in [0.5, 0.6) is 0 Å². The van der Waals surface area contributed by atoms with Gasteiger partial charge in [0, 0.05) is 17.8 Å². The van der Waals surface area contributed by atoms with E-state index < -0.39 is 5.97 Å². The maximum atomic E-state index is 11.2. The largest absolute Gasteiger partial charge is 0.478 e. The highest BCUT2D eigenvalue weighted by Gasteiger charge is 2.17. The molecule has 0 aliphatic heterocycles. The Balaban J connectivity index is 2.38. The van der Waals surface area contributed by atoms with E-state index in [1.165, 1.54) is 0 Å². The van der Waals surface area contributed by atoms with Crippen LogP contribution in [0.3, 0.4) is 0 Å². The second kappa shape index (κ2) is 6.14. The van der Waals surface area contributed by atoms with Gasteiger partial charge in [0.1, 0.15) is 5.82 Å². The SMILES string of the molecule is Cc1cc(C(=O)O)cc(N(C)C(C)c2ccccc2Cl)n1. The minimum atomic E-state index is -0.958. The zero-order chi connectivity index (χ0) is 15.6. The number of rotatable bonds is 4. The fraction of sp³-hybridized carbons (Fsp3) is 0.250. The van der Waals surface area contributed by atoms with Crippen molar-refractivity contribution in [3.8, 4) is 0 Å². The van der Waals surface area contributed by atoms with Crippen molar-refractivity contribution in [2.24, 2.45) is 0 Å². The third kappa shape index (κ3) is 3.34. The van der Waals surface area contributed by atoms with Gasteiger partial charge in [0.15, 0.2) is 0 Å². The summed E-state index contributed by atoms with van der Waals surface area (Å²) in [6.45, 7) is 3.79. The van der Waals surface area contributed by atoms with Crippen LogP contribution < -0.4 is 4.90 Å². The van der Waals surface area contributed by atoms with Crippen LogP contribution in [0.15, 0.2) is 36.4 Å². The number of hydrogen-bond donors (Lipinski definition) is 1. The second-order valence-corrected chi connectivity index (χ2v) is 5.38. The molecule has 2 rings (SSSR count). The van der Waals surface area contributed by atoms with Gasteiger partial charge in [-0.05, 0) is 37.6 Å². The molecule has 4 nitrogen and oxygen atoms in total. The first kappa shape index (κ1) is 15.3. The van der Waals surface area contributed by atoms with Gasteiger partial charge in [0.25, 0.3) is 0 Å². The molecule has 0 aliphatic rings. The Bertz CT molecular complexity index is 673. The number of carboxylic acid groups (broad SMARTS) is 1. The molecular formula is C16H17ClN2O2. The number of benzene rings is 1. The van der Waals surface area contributed by atoms with E-state index in [1.54, 1.807) is 19.1 Å². The van der Waals surface area contributed by atoms with E-state index in [2.05, 4.69) is 4.98 Å². The third-order valence-electron chi connectivity index (χ3n) is 3.48. The molecule has 110 valence electrons. The van der Waals surface area contributed by atoms with E-state index >= 15 is 0 Å². The summed E-state index contributed by atoms with van der Waals surface area (Å²) in [5.74, 6) is -0.347. The molecule has 0 fully saturated rings. The Morgan fingerprint density at radius 3 is 2.62 bits per heavy atom. The lowest BCUT2D eigenvalue weighted by Crippen LogP contribution is -2.23. The Labute approximate surface area is 129 Å². The van der Waals surface area contributed by atoms with Crippen molar-refractivity contribution in [3.63, 3.8) is 0 Å². The fourth-order valence-electron chi connectivity index (χ4n) is 2.18. The quantitative estimate of drug-likeness (QED) is 0.929. The van der Waals surface area contributed by atoms with Gasteiger partial charge >= 0.3 is 5.97 Å². The molecule has 0 amide bonds. The molecule has 0 saturated heterocycles. The molecule has 0 aliphatic carbocycles. The molecule has 21 heavy (non-hydrogen) atoms. The maximum absolute atomic E-state index is 11.2. The molecule has 0 radical (unpaired) electrons. The number of carboxylic acids is 1. The maximum Gasteiger partial charge on any atom is 0.335 e. The standard InChI is InChI=1S/C16H17ClN2O2/c1-10-8-12(16(20)21)9-15(18-10)19(3)11(2)13-6-4-5-7-14(13)17/h4-9,11H,1-3H3,(H,20,21). The molecule has 1 N–H and O–H groups in total. The molecule has 2 aromatic rings. The Kier molecular flexibility index (Phi) is 4.48. The summed E-state index contributed by atoms with van der Waals surface area (Å²) in [6.07, 6.45) is 0. The van der Waals surface area contributed by atoms with Crippen LogP contribution in [0, 0.1) is 6.92 Å². The summed E-state index contributed by atoms with van der Waals surface area (Å²) < 4.78 is 0. The van der Waals surface area contributed by atoms with Gasteiger partial charge in [-0.15, -0.1) is 0 Å². The normalized spacial score (nSPS) is 12.0. The van der Waals surface area contributed by atoms with Gasteiger partial charge < -0.3 is 10.0 Å². The zero-order valence-electron chi connectivity index (χ0n) is 12.2. The van der Waals surface area contributed by atoms with Crippen LogP contribution in [0.1, 0.15) is 34.6 Å². The second-order valence-electron chi connectivity index (χ2n) is 4.97.